The molecule has 104 valence electrons. The summed E-state index contributed by atoms with van der Waals surface area (Å²) in [6.07, 6.45) is 0.803. The van der Waals surface area contributed by atoms with E-state index in [1.54, 1.807) is 0 Å². The molecule has 2 aromatic carbocycles. The van der Waals surface area contributed by atoms with E-state index in [0.717, 1.165) is 28.8 Å². The van der Waals surface area contributed by atoms with Gasteiger partial charge < -0.3 is 11.1 Å². The van der Waals surface area contributed by atoms with Crippen LogP contribution < -0.4 is 11.1 Å². The molecule has 0 saturated carbocycles. The maximum atomic E-state index is 12.2. The molecule has 3 nitrogen and oxygen atoms in total. The Morgan fingerprint density at radius 2 is 1.65 bits per heavy atom. The number of nitrogen functional groups attached to an aromatic ring is 1. The molecule has 0 fully saturated rings. The molecule has 3 N–H and O–H groups in total. The first-order chi connectivity index (χ1) is 9.58. The van der Waals surface area contributed by atoms with E-state index in [2.05, 4.69) is 5.32 Å². The fourth-order valence-corrected chi connectivity index (χ4v) is 2.27. The molecular weight excluding hydrogens is 248 g/mol. The average molecular weight is 268 g/mol. The number of anilines is 1. The molecule has 0 aromatic heterocycles. The zero-order valence-corrected chi connectivity index (χ0v) is 11.9. The van der Waals surface area contributed by atoms with Crippen LogP contribution in [0.1, 0.15) is 27.0 Å². The second kappa shape index (κ2) is 6.24. The van der Waals surface area contributed by atoms with E-state index in [-0.39, 0.29) is 5.91 Å². The number of aryl methyl sites for hydroxylation is 2. The molecule has 0 aliphatic rings. The van der Waals surface area contributed by atoms with Gasteiger partial charge >= 0.3 is 0 Å². The Morgan fingerprint density at radius 3 is 2.25 bits per heavy atom. The van der Waals surface area contributed by atoms with Gasteiger partial charge in [0.25, 0.3) is 5.91 Å². The van der Waals surface area contributed by atoms with Gasteiger partial charge in [0.05, 0.1) is 0 Å². The van der Waals surface area contributed by atoms with Gasteiger partial charge in [-0.25, -0.2) is 0 Å². The summed E-state index contributed by atoms with van der Waals surface area (Å²) in [5, 5.41) is 2.97. The van der Waals surface area contributed by atoms with Crippen molar-refractivity contribution in [3.05, 3.63) is 64.7 Å². The quantitative estimate of drug-likeness (QED) is 0.838. The molecule has 0 spiro atoms. The second-order valence-electron chi connectivity index (χ2n) is 5.01. The van der Waals surface area contributed by atoms with Gasteiger partial charge in [0.2, 0.25) is 0 Å². The van der Waals surface area contributed by atoms with E-state index in [4.69, 9.17) is 5.73 Å². The number of nitrogens with two attached hydrogens (primary N) is 1. The lowest BCUT2D eigenvalue weighted by Crippen LogP contribution is -2.27. The van der Waals surface area contributed by atoms with Crippen LogP contribution in [0.15, 0.2) is 42.5 Å². The Bertz CT molecular complexity index is 583. The van der Waals surface area contributed by atoms with Crippen molar-refractivity contribution in [2.24, 2.45) is 0 Å². The Labute approximate surface area is 119 Å². The standard InChI is InChI=1S/C17H20N2O/c1-12-4-3-5-13(2)16(12)17(20)19-11-10-14-6-8-15(18)9-7-14/h3-9H,10-11,18H2,1-2H3,(H,19,20). The van der Waals surface area contributed by atoms with Crippen LogP contribution in [0.3, 0.4) is 0 Å². The summed E-state index contributed by atoms with van der Waals surface area (Å²) >= 11 is 0. The van der Waals surface area contributed by atoms with Gasteiger partial charge in [-0.15, -0.1) is 0 Å². The van der Waals surface area contributed by atoms with E-state index in [1.165, 1.54) is 5.56 Å². The molecule has 20 heavy (non-hydrogen) atoms. The molecule has 1 amide bonds. The van der Waals surface area contributed by atoms with Crippen molar-refractivity contribution in [3.8, 4) is 0 Å². The highest BCUT2D eigenvalue weighted by Crippen LogP contribution is 2.13. The van der Waals surface area contributed by atoms with Crippen molar-refractivity contribution < 1.29 is 4.79 Å². The van der Waals surface area contributed by atoms with Gasteiger partial charge in [-0.05, 0) is 49.1 Å². The van der Waals surface area contributed by atoms with Crippen molar-refractivity contribution in [1.29, 1.82) is 0 Å². The normalized spacial score (nSPS) is 10.3. The lowest BCUT2D eigenvalue weighted by molar-refractivity contribution is 0.0953. The highest BCUT2D eigenvalue weighted by Gasteiger charge is 2.10. The zero-order valence-electron chi connectivity index (χ0n) is 11.9. The topological polar surface area (TPSA) is 55.1 Å². The number of hydrogen-bond donors (Lipinski definition) is 2. The van der Waals surface area contributed by atoms with Crippen LogP contribution in [0.25, 0.3) is 0 Å². The summed E-state index contributed by atoms with van der Waals surface area (Å²) in [5.74, 6) is -0.00366. The van der Waals surface area contributed by atoms with Crippen molar-refractivity contribution in [1.82, 2.24) is 5.32 Å². The Kier molecular flexibility index (Phi) is 4.41. The van der Waals surface area contributed by atoms with Crippen LogP contribution >= 0.6 is 0 Å². The minimum absolute atomic E-state index is 0.00366. The SMILES string of the molecule is Cc1cccc(C)c1C(=O)NCCc1ccc(N)cc1. The molecule has 0 unspecified atom stereocenters. The molecule has 0 aliphatic carbocycles. The fourth-order valence-electron chi connectivity index (χ4n) is 2.27. The maximum absolute atomic E-state index is 12.2. The monoisotopic (exact) mass is 268 g/mol. The first kappa shape index (κ1) is 14.1. The Morgan fingerprint density at radius 1 is 1.05 bits per heavy atom. The summed E-state index contributed by atoms with van der Waals surface area (Å²) in [7, 11) is 0. The summed E-state index contributed by atoms with van der Waals surface area (Å²) in [4.78, 5) is 12.2. The lowest BCUT2D eigenvalue weighted by atomic mass is 10.0. The minimum Gasteiger partial charge on any atom is -0.399 e. The van der Waals surface area contributed by atoms with Gasteiger partial charge in [0.15, 0.2) is 0 Å². The van der Waals surface area contributed by atoms with Crippen LogP contribution in [0.2, 0.25) is 0 Å². The smallest absolute Gasteiger partial charge is 0.251 e. The summed E-state index contributed by atoms with van der Waals surface area (Å²) in [6, 6.07) is 13.6. The second-order valence-corrected chi connectivity index (χ2v) is 5.01. The van der Waals surface area contributed by atoms with Crippen LogP contribution in [0, 0.1) is 13.8 Å². The molecule has 0 heterocycles. The Balaban J connectivity index is 1.94. The molecule has 0 radical (unpaired) electrons. The number of amides is 1. The minimum atomic E-state index is -0.00366. The molecule has 0 bridgehead atoms. The largest absolute Gasteiger partial charge is 0.399 e. The van der Waals surface area contributed by atoms with E-state index in [9.17, 15) is 4.79 Å². The van der Waals surface area contributed by atoms with Crippen molar-refractivity contribution in [2.45, 2.75) is 20.3 Å². The van der Waals surface area contributed by atoms with Crippen molar-refractivity contribution >= 4 is 11.6 Å². The number of nitrogens with one attached hydrogen (secondary N) is 1. The predicted octanol–water partition coefficient (Wildman–Crippen LogP) is 2.86. The van der Waals surface area contributed by atoms with Crippen LogP contribution in [-0.2, 0) is 6.42 Å². The molecule has 0 saturated heterocycles. The van der Waals surface area contributed by atoms with Crippen LogP contribution in [0.4, 0.5) is 5.69 Å². The van der Waals surface area contributed by atoms with Gasteiger partial charge in [-0.1, -0.05) is 30.3 Å². The number of rotatable bonds is 4. The molecular formula is C17H20N2O. The maximum Gasteiger partial charge on any atom is 0.251 e. The van der Waals surface area contributed by atoms with Crippen LogP contribution in [-0.4, -0.2) is 12.5 Å². The third-order valence-electron chi connectivity index (χ3n) is 3.39. The molecule has 0 atom stereocenters. The highest BCUT2D eigenvalue weighted by molar-refractivity contribution is 5.97. The van der Waals surface area contributed by atoms with Crippen LogP contribution in [0.5, 0.6) is 0 Å². The number of benzene rings is 2. The number of hydrogen-bond acceptors (Lipinski definition) is 2. The van der Waals surface area contributed by atoms with Crippen molar-refractivity contribution in [3.63, 3.8) is 0 Å². The van der Waals surface area contributed by atoms with Gasteiger partial charge in [0, 0.05) is 17.8 Å². The lowest BCUT2D eigenvalue weighted by Gasteiger charge is -2.10. The third-order valence-corrected chi connectivity index (χ3v) is 3.39. The number of carbonyl (C=O) groups excluding carboxylic acids is 1. The summed E-state index contributed by atoms with van der Waals surface area (Å²) < 4.78 is 0. The van der Waals surface area contributed by atoms with Gasteiger partial charge in [0.1, 0.15) is 0 Å². The van der Waals surface area contributed by atoms with E-state index < -0.39 is 0 Å². The summed E-state index contributed by atoms with van der Waals surface area (Å²) in [6.45, 7) is 4.54. The molecule has 2 rings (SSSR count). The van der Waals surface area contributed by atoms with E-state index in [0.29, 0.717) is 6.54 Å². The zero-order chi connectivity index (χ0) is 14.5. The predicted molar refractivity (Wildman–Crippen MR) is 82.8 cm³/mol. The van der Waals surface area contributed by atoms with Gasteiger partial charge in [-0.3, -0.25) is 4.79 Å². The fraction of sp³-hybridized carbons (Fsp3) is 0.235. The number of carbonyl (C=O) groups is 1. The average Bonchev–Trinajstić information content (AvgIpc) is 2.41. The molecule has 0 aliphatic heterocycles. The van der Waals surface area contributed by atoms with E-state index in [1.807, 2.05) is 56.3 Å². The molecule has 2 aromatic rings. The highest BCUT2D eigenvalue weighted by atomic mass is 16.1. The Hall–Kier alpha value is -2.29. The van der Waals surface area contributed by atoms with Gasteiger partial charge in [-0.2, -0.15) is 0 Å². The van der Waals surface area contributed by atoms with E-state index >= 15 is 0 Å². The first-order valence-electron chi connectivity index (χ1n) is 6.77. The van der Waals surface area contributed by atoms with Crippen molar-refractivity contribution in [2.75, 3.05) is 12.3 Å². The first-order valence-corrected chi connectivity index (χ1v) is 6.77. The third kappa shape index (κ3) is 3.38. The summed E-state index contributed by atoms with van der Waals surface area (Å²) in [5.41, 5.74) is 10.4. The molecule has 3 heteroatoms.